The molecular weight excluding hydrogens is 184 g/mol. The summed E-state index contributed by atoms with van der Waals surface area (Å²) in [4.78, 5) is 10.8. The molecule has 0 atom stereocenters. The topological polar surface area (TPSA) is 55.8 Å². The Morgan fingerprint density at radius 2 is 2.21 bits per heavy atom. The fourth-order valence-corrected chi connectivity index (χ4v) is 1.08. The summed E-state index contributed by atoms with van der Waals surface area (Å²) in [5.74, 6) is -0.0890. The smallest absolute Gasteiger partial charge is 0.339 e. The highest BCUT2D eigenvalue weighted by molar-refractivity contribution is 5.91. The Morgan fingerprint density at radius 3 is 2.71 bits per heavy atom. The largest absolute Gasteiger partial charge is 0.497 e. The highest BCUT2D eigenvalue weighted by Crippen LogP contribution is 2.24. The second-order valence-corrected chi connectivity index (χ2v) is 2.60. The number of rotatable bonds is 4. The molecule has 1 N–H and O–H groups in total. The maximum absolute atomic E-state index is 10.8. The van der Waals surface area contributed by atoms with Crippen molar-refractivity contribution in [3.63, 3.8) is 0 Å². The van der Waals surface area contributed by atoms with Crippen LogP contribution in [0.25, 0.3) is 0 Å². The first-order chi connectivity index (χ1) is 6.69. The van der Waals surface area contributed by atoms with Crippen LogP contribution in [0.5, 0.6) is 11.5 Å². The number of carboxylic acids is 1. The summed E-state index contributed by atoms with van der Waals surface area (Å²) in [6, 6.07) is 4.62. The van der Waals surface area contributed by atoms with Crippen molar-refractivity contribution in [3.05, 3.63) is 23.8 Å². The van der Waals surface area contributed by atoms with Gasteiger partial charge in [-0.2, -0.15) is 0 Å². The number of aromatic carboxylic acids is 1. The van der Waals surface area contributed by atoms with E-state index in [2.05, 4.69) is 0 Å². The summed E-state index contributed by atoms with van der Waals surface area (Å²) >= 11 is 0. The third-order valence-corrected chi connectivity index (χ3v) is 1.72. The van der Waals surface area contributed by atoms with Crippen LogP contribution in [-0.4, -0.2) is 24.8 Å². The van der Waals surface area contributed by atoms with Crippen molar-refractivity contribution < 1.29 is 19.4 Å². The molecule has 4 heteroatoms. The SMILES string of the molecule is CCOc1cc(OC)ccc1C(=O)O. The summed E-state index contributed by atoms with van der Waals surface area (Å²) in [7, 11) is 1.52. The van der Waals surface area contributed by atoms with Gasteiger partial charge in [-0.1, -0.05) is 0 Å². The normalized spacial score (nSPS) is 9.57. The molecule has 0 unspecified atom stereocenters. The van der Waals surface area contributed by atoms with E-state index in [4.69, 9.17) is 14.6 Å². The average molecular weight is 196 g/mol. The van der Waals surface area contributed by atoms with E-state index in [0.717, 1.165) is 0 Å². The van der Waals surface area contributed by atoms with E-state index in [1.807, 2.05) is 0 Å². The maximum atomic E-state index is 10.8. The van der Waals surface area contributed by atoms with Gasteiger partial charge in [0.2, 0.25) is 0 Å². The first-order valence-electron chi connectivity index (χ1n) is 4.23. The van der Waals surface area contributed by atoms with Gasteiger partial charge in [0.05, 0.1) is 13.7 Å². The molecule has 0 bridgehead atoms. The Morgan fingerprint density at radius 1 is 1.50 bits per heavy atom. The lowest BCUT2D eigenvalue weighted by molar-refractivity contribution is 0.0692. The van der Waals surface area contributed by atoms with Gasteiger partial charge in [-0.3, -0.25) is 0 Å². The van der Waals surface area contributed by atoms with Crippen molar-refractivity contribution >= 4 is 5.97 Å². The third-order valence-electron chi connectivity index (χ3n) is 1.72. The molecule has 0 spiro atoms. The number of carboxylic acid groups (broad SMARTS) is 1. The number of hydrogen-bond acceptors (Lipinski definition) is 3. The number of hydrogen-bond donors (Lipinski definition) is 1. The monoisotopic (exact) mass is 196 g/mol. The highest BCUT2D eigenvalue weighted by atomic mass is 16.5. The van der Waals surface area contributed by atoms with Crippen molar-refractivity contribution in [2.45, 2.75) is 6.92 Å². The molecule has 0 heterocycles. The van der Waals surface area contributed by atoms with Crippen LogP contribution >= 0.6 is 0 Å². The van der Waals surface area contributed by atoms with Crippen molar-refractivity contribution in [1.29, 1.82) is 0 Å². The van der Waals surface area contributed by atoms with Crippen LogP contribution < -0.4 is 9.47 Å². The third kappa shape index (κ3) is 2.16. The van der Waals surface area contributed by atoms with Crippen molar-refractivity contribution in [2.75, 3.05) is 13.7 Å². The van der Waals surface area contributed by atoms with Crippen molar-refractivity contribution in [2.24, 2.45) is 0 Å². The summed E-state index contributed by atoms with van der Waals surface area (Å²) < 4.78 is 10.1. The van der Waals surface area contributed by atoms with E-state index in [0.29, 0.717) is 18.1 Å². The van der Waals surface area contributed by atoms with Gasteiger partial charge in [-0.15, -0.1) is 0 Å². The van der Waals surface area contributed by atoms with Gasteiger partial charge in [0, 0.05) is 6.07 Å². The van der Waals surface area contributed by atoms with E-state index in [9.17, 15) is 4.79 Å². The molecule has 0 fully saturated rings. The predicted octanol–water partition coefficient (Wildman–Crippen LogP) is 1.79. The molecule has 1 aromatic carbocycles. The summed E-state index contributed by atoms with van der Waals surface area (Å²) in [5.41, 5.74) is 0.146. The first-order valence-corrected chi connectivity index (χ1v) is 4.23. The molecule has 14 heavy (non-hydrogen) atoms. The molecule has 0 amide bonds. The lowest BCUT2D eigenvalue weighted by atomic mass is 10.2. The van der Waals surface area contributed by atoms with Gasteiger partial charge in [-0.25, -0.2) is 4.79 Å². The van der Waals surface area contributed by atoms with Gasteiger partial charge < -0.3 is 14.6 Å². The van der Waals surface area contributed by atoms with Gasteiger partial charge >= 0.3 is 5.97 Å². The number of benzene rings is 1. The molecule has 4 nitrogen and oxygen atoms in total. The standard InChI is InChI=1S/C10H12O4/c1-3-14-9-6-7(13-2)4-5-8(9)10(11)12/h4-6H,3H2,1-2H3,(H,11,12). The van der Waals surface area contributed by atoms with Gasteiger partial charge in [0.1, 0.15) is 17.1 Å². The molecule has 0 aliphatic carbocycles. The number of methoxy groups -OCH3 is 1. The molecule has 0 aromatic heterocycles. The minimum Gasteiger partial charge on any atom is -0.497 e. The Labute approximate surface area is 82.1 Å². The van der Waals surface area contributed by atoms with Gasteiger partial charge in [-0.05, 0) is 19.1 Å². The summed E-state index contributed by atoms with van der Waals surface area (Å²) in [6.45, 7) is 2.22. The fourth-order valence-electron chi connectivity index (χ4n) is 1.08. The van der Waals surface area contributed by atoms with Crippen molar-refractivity contribution in [1.82, 2.24) is 0 Å². The molecule has 0 aliphatic heterocycles. The van der Waals surface area contributed by atoms with E-state index < -0.39 is 5.97 Å². The highest BCUT2D eigenvalue weighted by Gasteiger charge is 2.11. The molecule has 1 aromatic rings. The van der Waals surface area contributed by atoms with Crippen LogP contribution in [-0.2, 0) is 0 Å². The van der Waals surface area contributed by atoms with Crippen molar-refractivity contribution in [3.8, 4) is 11.5 Å². The van der Waals surface area contributed by atoms with Gasteiger partial charge in [0.25, 0.3) is 0 Å². The van der Waals surface area contributed by atoms with Gasteiger partial charge in [0.15, 0.2) is 0 Å². The lowest BCUT2D eigenvalue weighted by Crippen LogP contribution is -2.02. The molecule has 1 rings (SSSR count). The van der Waals surface area contributed by atoms with Crippen LogP contribution in [0.15, 0.2) is 18.2 Å². The number of ether oxygens (including phenoxy) is 2. The fraction of sp³-hybridized carbons (Fsp3) is 0.300. The van der Waals surface area contributed by atoms with Crippen LogP contribution in [0.3, 0.4) is 0 Å². The zero-order valence-electron chi connectivity index (χ0n) is 8.11. The molecule has 0 saturated carbocycles. The van der Waals surface area contributed by atoms with Crippen LogP contribution in [0, 0.1) is 0 Å². The average Bonchev–Trinajstić information content (AvgIpc) is 2.17. The Balaban J connectivity index is 3.10. The zero-order valence-corrected chi connectivity index (χ0v) is 8.11. The van der Waals surface area contributed by atoms with Crippen LogP contribution in [0.1, 0.15) is 17.3 Å². The van der Waals surface area contributed by atoms with E-state index >= 15 is 0 Å². The maximum Gasteiger partial charge on any atom is 0.339 e. The summed E-state index contributed by atoms with van der Waals surface area (Å²) in [5, 5.41) is 8.84. The minimum absolute atomic E-state index is 0.146. The second-order valence-electron chi connectivity index (χ2n) is 2.60. The first kappa shape index (κ1) is 10.4. The molecule has 76 valence electrons. The molecule has 0 radical (unpaired) electrons. The van der Waals surface area contributed by atoms with E-state index in [1.54, 1.807) is 19.1 Å². The zero-order chi connectivity index (χ0) is 10.6. The second kappa shape index (κ2) is 4.50. The quantitative estimate of drug-likeness (QED) is 0.797. The van der Waals surface area contributed by atoms with E-state index in [1.165, 1.54) is 13.2 Å². The van der Waals surface area contributed by atoms with E-state index in [-0.39, 0.29) is 5.56 Å². The van der Waals surface area contributed by atoms with Crippen LogP contribution in [0.2, 0.25) is 0 Å². The Hall–Kier alpha value is -1.71. The minimum atomic E-state index is -1.00. The predicted molar refractivity (Wildman–Crippen MR) is 51.1 cm³/mol. The summed E-state index contributed by atoms with van der Waals surface area (Å²) in [6.07, 6.45) is 0. The Kier molecular flexibility index (Phi) is 3.34. The Bertz CT molecular complexity index is 333. The molecule has 0 saturated heterocycles. The van der Waals surface area contributed by atoms with Crippen LogP contribution in [0.4, 0.5) is 0 Å². The molecule has 0 aliphatic rings. The lowest BCUT2D eigenvalue weighted by Gasteiger charge is -2.08. The molecular formula is C10H12O4. The number of carbonyl (C=O) groups is 1.